The molecule has 0 aliphatic carbocycles. The molecule has 0 fully saturated rings. The van der Waals surface area contributed by atoms with Crippen molar-refractivity contribution in [3.63, 3.8) is 0 Å². The molecule has 0 aliphatic heterocycles. The van der Waals surface area contributed by atoms with Crippen LogP contribution in [0.1, 0.15) is 11.1 Å². The average molecular weight is 439 g/mol. The number of oxazole rings is 1. The number of aryl methyl sites for hydroxylation is 1. The summed E-state index contributed by atoms with van der Waals surface area (Å²) < 4.78 is 12.9. The van der Waals surface area contributed by atoms with Crippen molar-refractivity contribution in [1.29, 1.82) is 0 Å². The molecule has 3 aromatic heterocycles. The van der Waals surface area contributed by atoms with Crippen LogP contribution in [0.25, 0.3) is 22.7 Å². The van der Waals surface area contributed by atoms with Gasteiger partial charge in [0.05, 0.1) is 19.9 Å². The number of nitrogens with one attached hydrogen (secondary N) is 1. The van der Waals surface area contributed by atoms with Crippen LogP contribution in [0.15, 0.2) is 82.3 Å². The number of fused-ring (bicyclic) bond motifs is 1. The van der Waals surface area contributed by atoms with Crippen molar-refractivity contribution >= 4 is 22.9 Å². The number of pyridine rings is 1. The maximum atomic E-state index is 12.4. The zero-order valence-electron chi connectivity index (χ0n) is 18.1. The molecule has 1 N–H and O–H groups in total. The molecule has 0 spiro atoms. The third-order valence-electron chi connectivity index (χ3n) is 5.27. The van der Waals surface area contributed by atoms with Gasteiger partial charge in [0.15, 0.2) is 11.2 Å². The number of methoxy groups -OCH3 is 1. The summed E-state index contributed by atoms with van der Waals surface area (Å²) in [4.78, 5) is 25.4. The minimum absolute atomic E-state index is 0.181. The summed E-state index contributed by atoms with van der Waals surface area (Å²) in [5.41, 5.74) is 4.34. The zero-order chi connectivity index (χ0) is 22.8. The van der Waals surface area contributed by atoms with Gasteiger partial charge in [-0.3, -0.25) is 4.79 Å². The highest BCUT2D eigenvalue weighted by Gasteiger charge is 2.14. The SMILES string of the molecule is COc1cn(Cc2ccccc2)c(Nc2cc(-c3nc4ncccc4o3)ccc2C)nc1=O. The van der Waals surface area contributed by atoms with Gasteiger partial charge in [0.1, 0.15) is 0 Å². The lowest BCUT2D eigenvalue weighted by Gasteiger charge is -2.16. The quantitative estimate of drug-likeness (QED) is 0.414. The first-order valence-electron chi connectivity index (χ1n) is 10.4. The highest BCUT2D eigenvalue weighted by Crippen LogP contribution is 2.29. The molecule has 0 saturated carbocycles. The van der Waals surface area contributed by atoms with Crippen LogP contribution in [-0.4, -0.2) is 26.6 Å². The standard InChI is InChI=1S/C25H21N5O3/c1-16-10-11-18(24-28-22-20(33-24)9-6-12-26-22)13-19(16)27-25-29-23(31)21(32-2)15-30(25)14-17-7-4-3-5-8-17/h3-13,15H,14H2,1-2H3,(H,27,29,31). The fourth-order valence-electron chi connectivity index (χ4n) is 3.52. The van der Waals surface area contributed by atoms with Crippen molar-refractivity contribution in [3.05, 3.63) is 94.5 Å². The summed E-state index contributed by atoms with van der Waals surface area (Å²) in [5.74, 6) is 1.06. The predicted octanol–water partition coefficient (Wildman–Crippen LogP) is 4.56. The highest BCUT2D eigenvalue weighted by atomic mass is 16.5. The molecule has 164 valence electrons. The lowest BCUT2D eigenvalue weighted by molar-refractivity contribution is 0.402. The smallest absolute Gasteiger partial charge is 0.316 e. The molecule has 5 rings (SSSR count). The Labute approximate surface area is 189 Å². The monoisotopic (exact) mass is 439 g/mol. The average Bonchev–Trinajstić information content (AvgIpc) is 3.27. The first kappa shape index (κ1) is 20.4. The third kappa shape index (κ3) is 4.18. The van der Waals surface area contributed by atoms with E-state index in [4.69, 9.17) is 9.15 Å². The normalized spacial score (nSPS) is 11.0. The van der Waals surface area contributed by atoms with Crippen molar-refractivity contribution in [3.8, 4) is 17.2 Å². The Morgan fingerprint density at radius 3 is 2.70 bits per heavy atom. The van der Waals surface area contributed by atoms with Crippen molar-refractivity contribution in [1.82, 2.24) is 19.5 Å². The topological polar surface area (TPSA) is 95.1 Å². The molecule has 0 unspecified atom stereocenters. The van der Waals surface area contributed by atoms with Gasteiger partial charge < -0.3 is 19.0 Å². The largest absolute Gasteiger partial charge is 0.490 e. The van der Waals surface area contributed by atoms with Gasteiger partial charge in [-0.05, 0) is 42.3 Å². The van der Waals surface area contributed by atoms with E-state index >= 15 is 0 Å². The number of anilines is 2. The van der Waals surface area contributed by atoms with Crippen LogP contribution in [0.4, 0.5) is 11.6 Å². The van der Waals surface area contributed by atoms with E-state index in [1.165, 1.54) is 7.11 Å². The second-order valence-electron chi connectivity index (χ2n) is 7.55. The molecule has 0 bridgehead atoms. The molecule has 0 aliphatic rings. The Balaban J connectivity index is 1.53. The lowest BCUT2D eigenvalue weighted by Crippen LogP contribution is -2.19. The van der Waals surface area contributed by atoms with Gasteiger partial charge in [-0.15, -0.1) is 0 Å². The van der Waals surface area contributed by atoms with Crippen LogP contribution in [-0.2, 0) is 6.54 Å². The number of ether oxygens (including phenoxy) is 1. The Bertz CT molecular complexity index is 1460. The Hall–Kier alpha value is -4.46. The molecular formula is C25H21N5O3. The number of benzene rings is 2. The summed E-state index contributed by atoms with van der Waals surface area (Å²) in [6.45, 7) is 2.49. The van der Waals surface area contributed by atoms with Crippen LogP contribution in [0.2, 0.25) is 0 Å². The summed E-state index contributed by atoms with van der Waals surface area (Å²) in [7, 11) is 1.46. The molecule has 5 aromatic rings. The van der Waals surface area contributed by atoms with E-state index in [0.717, 1.165) is 22.4 Å². The molecule has 3 heterocycles. The van der Waals surface area contributed by atoms with Crippen molar-refractivity contribution in [2.45, 2.75) is 13.5 Å². The molecule has 0 atom stereocenters. The molecule has 33 heavy (non-hydrogen) atoms. The van der Waals surface area contributed by atoms with E-state index in [2.05, 4.69) is 20.3 Å². The van der Waals surface area contributed by atoms with Crippen molar-refractivity contribution in [2.24, 2.45) is 0 Å². The van der Waals surface area contributed by atoms with Gasteiger partial charge in [-0.1, -0.05) is 36.4 Å². The fraction of sp³-hybridized carbons (Fsp3) is 0.120. The Morgan fingerprint density at radius 2 is 1.91 bits per heavy atom. The first-order valence-corrected chi connectivity index (χ1v) is 10.4. The number of hydrogen-bond acceptors (Lipinski definition) is 7. The van der Waals surface area contributed by atoms with Gasteiger partial charge in [0.25, 0.3) is 0 Å². The van der Waals surface area contributed by atoms with Crippen molar-refractivity contribution in [2.75, 3.05) is 12.4 Å². The summed E-state index contributed by atoms with van der Waals surface area (Å²) in [5, 5.41) is 3.31. The Morgan fingerprint density at radius 1 is 1.06 bits per heavy atom. The van der Waals surface area contributed by atoms with Crippen molar-refractivity contribution < 1.29 is 9.15 Å². The number of rotatable bonds is 6. The number of nitrogens with zero attached hydrogens (tertiary/aromatic N) is 4. The summed E-state index contributed by atoms with van der Waals surface area (Å²) in [6, 6.07) is 19.4. The maximum Gasteiger partial charge on any atom is 0.316 e. The van der Waals surface area contributed by atoms with E-state index in [0.29, 0.717) is 29.6 Å². The second kappa shape index (κ2) is 8.58. The van der Waals surface area contributed by atoms with Crippen LogP contribution in [0.5, 0.6) is 5.75 Å². The molecule has 2 aromatic carbocycles. The first-order chi connectivity index (χ1) is 16.1. The van der Waals surface area contributed by atoms with E-state index in [-0.39, 0.29) is 5.75 Å². The summed E-state index contributed by atoms with van der Waals surface area (Å²) in [6.07, 6.45) is 3.34. The minimum atomic E-state index is -0.442. The molecule has 0 amide bonds. The number of aromatic nitrogens is 4. The fourth-order valence-corrected chi connectivity index (χ4v) is 3.52. The van der Waals surface area contributed by atoms with Gasteiger partial charge in [-0.25, -0.2) is 4.98 Å². The Kier molecular flexibility index (Phi) is 5.32. The van der Waals surface area contributed by atoms with Crippen LogP contribution < -0.4 is 15.6 Å². The third-order valence-corrected chi connectivity index (χ3v) is 5.27. The molecule has 8 heteroatoms. The van der Waals surface area contributed by atoms with Gasteiger partial charge in [0, 0.05) is 17.4 Å². The highest BCUT2D eigenvalue weighted by molar-refractivity contribution is 5.74. The maximum absolute atomic E-state index is 12.4. The zero-order valence-corrected chi connectivity index (χ0v) is 18.1. The molecule has 0 saturated heterocycles. The van der Waals surface area contributed by atoms with E-state index in [1.54, 1.807) is 18.5 Å². The van der Waals surface area contributed by atoms with Gasteiger partial charge in [0.2, 0.25) is 17.6 Å². The van der Waals surface area contributed by atoms with Crippen LogP contribution >= 0.6 is 0 Å². The summed E-state index contributed by atoms with van der Waals surface area (Å²) >= 11 is 0. The number of hydrogen-bond donors (Lipinski definition) is 1. The molecule has 8 nitrogen and oxygen atoms in total. The van der Waals surface area contributed by atoms with Crippen LogP contribution in [0.3, 0.4) is 0 Å². The van der Waals surface area contributed by atoms with Crippen LogP contribution in [0, 0.1) is 6.92 Å². The second-order valence-corrected chi connectivity index (χ2v) is 7.55. The molecular weight excluding hydrogens is 418 g/mol. The van der Waals surface area contributed by atoms with Gasteiger partial charge >= 0.3 is 5.56 Å². The minimum Gasteiger partial charge on any atom is -0.490 e. The molecule has 0 radical (unpaired) electrons. The van der Waals surface area contributed by atoms with E-state index in [1.807, 2.05) is 66.1 Å². The van der Waals surface area contributed by atoms with E-state index < -0.39 is 5.56 Å². The van der Waals surface area contributed by atoms with Gasteiger partial charge in [-0.2, -0.15) is 9.97 Å². The predicted molar refractivity (Wildman–Crippen MR) is 126 cm³/mol. The van der Waals surface area contributed by atoms with E-state index in [9.17, 15) is 4.79 Å². The lowest BCUT2D eigenvalue weighted by atomic mass is 10.1.